The Bertz CT molecular complexity index is 388. The number of nitrogens with one attached hydrogen (secondary N) is 1. The van der Waals surface area contributed by atoms with Crippen molar-refractivity contribution in [1.82, 2.24) is 10.2 Å². The van der Waals surface area contributed by atoms with E-state index in [1.807, 2.05) is 0 Å². The fourth-order valence-electron chi connectivity index (χ4n) is 2.84. The second-order valence-electron chi connectivity index (χ2n) is 7.57. The minimum absolute atomic E-state index is 0. The second kappa shape index (κ2) is 28.0. The minimum Gasteiger partial charge on any atom is -0.480 e. The van der Waals surface area contributed by atoms with Crippen LogP contribution in [-0.4, -0.2) is 119 Å². The number of aliphatic hydroxyl groups excluding tert-OH is 3. The maximum Gasteiger partial charge on any atom is 0.320 e. The van der Waals surface area contributed by atoms with Crippen LogP contribution < -0.4 is 5.32 Å². The molecule has 0 aliphatic rings. The number of ketones is 1. The van der Waals surface area contributed by atoms with Gasteiger partial charge >= 0.3 is 5.97 Å². The van der Waals surface area contributed by atoms with Crippen LogP contribution in [0.5, 0.6) is 0 Å². The molecule has 0 rings (SSSR count). The summed E-state index contributed by atoms with van der Waals surface area (Å²) in [6.45, 7) is 5.70. The Kier molecular flexibility index (Phi) is 32.1. The SMILES string of the molecule is CCCCCCCCCCCC(=O)CN[C@@H](C)C(=O)O.OCCN(CCO)CCO.[Na]. The molecule has 0 saturated carbocycles. The number of aliphatic hydroxyl groups is 3. The van der Waals surface area contributed by atoms with Gasteiger partial charge in [-0.25, -0.2) is 0 Å². The fraction of sp³-hybridized carbons (Fsp3) is 0.909. The third-order valence-electron chi connectivity index (χ3n) is 4.78. The average molecular weight is 458 g/mol. The first-order chi connectivity index (χ1) is 14.4. The molecule has 0 amide bonds. The topological polar surface area (TPSA) is 130 Å². The van der Waals surface area contributed by atoms with Crippen molar-refractivity contribution in [3.8, 4) is 0 Å². The van der Waals surface area contributed by atoms with Gasteiger partial charge in [-0.3, -0.25) is 19.8 Å². The van der Waals surface area contributed by atoms with Crippen LogP contribution in [0.1, 0.15) is 78.1 Å². The van der Waals surface area contributed by atoms with Crippen molar-refractivity contribution in [3.63, 3.8) is 0 Å². The molecule has 0 saturated heterocycles. The molecule has 1 atom stereocenters. The molecule has 31 heavy (non-hydrogen) atoms. The molecule has 0 aromatic rings. The van der Waals surface area contributed by atoms with Crippen LogP contribution in [0.2, 0.25) is 0 Å². The quantitative estimate of drug-likeness (QED) is 0.137. The van der Waals surface area contributed by atoms with Gasteiger partial charge in [-0.05, 0) is 13.3 Å². The van der Waals surface area contributed by atoms with Crippen molar-refractivity contribution in [3.05, 3.63) is 0 Å². The third kappa shape index (κ3) is 27.9. The molecule has 5 N–H and O–H groups in total. The maximum absolute atomic E-state index is 11.5. The van der Waals surface area contributed by atoms with Crippen LogP contribution >= 0.6 is 0 Å². The van der Waals surface area contributed by atoms with E-state index < -0.39 is 12.0 Å². The Morgan fingerprint density at radius 3 is 1.61 bits per heavy atom. The fourth-order valence-corrected chi connectivity index (χ4v) is 2.84. The average Bonchev–Trinajstić information content (AvgIpc) is 2.71. The van der Waals surface area contributed by atoms with E-state index in [0.717, 1.165) is 12.8 Å². The number of carboxylic acid groups (broad SMARTS) is 1. The summed E-state index contributed by atoms with van der Waals surface area (Å²) in [7, 11) is 0. The van der Waals surface area contributed by atoms with Crippen molar-refractivity contribution in [2.45, 2.75) is 84.1 Å². The standard InChI is InChI=1S/C16H31NO3.C6H15NO3.Na/c1-3-4-5-6-7-8-9-10-11-12-15(18)13-17-14(2)16(19)20;8-4-1-7(2-5-9)3-6-10;/h14,17H,3-13H2,1-2H3,(H,19,20);8-10H,1-6H2;/t14-;;/m0../s1. The van der Waals surface area contributed by atoms with Gasteiger partial charge in [-0.15, -0.1) is 0 Å². The van der Waals surface area contributed by atoms with Crippen molar-refractivity contribution in [2.24, 2.45) is 0 Å². The molecular weight excluding hydrogens is 411 g/mol. The number of carboxylic acids is 1. The molecule has 9 heteroatoms. The normalized spacial score (nSPS) is 11.4. The van der Waals surface area contributed by atoms with E-state index in [1.165, 1.54) is 44.9 Å². The predicted octanol–water partition coefficient (Wildman–Crippen LogP) is 1.42. The molecule has 0 aromatic heterocycles. The minimum atomic E-state index is -0.916. The molecule has 0 unspecified atom stereocenters. The Morgan fingerprint density at radius 2 is 1.23 bits per heavy atom. The summed E-state index contributed by atoms with van der Waals surface area (Å²) in [6, 6.07) is -0.651. The van der Waals surface area contributed by atoms with Gasteiger partial charge in [0.2, 0.25) is 0 Å². The Hall–Kier alpha value is -0.0600. The zero-order valence-electron chi connectivity index (χ0n) is 20.2. The van der Waals surface area contributed by atoms with Gasteiger partial charge < -0.3 is 20.4 Å². The summed E-state index contributed by atoms with van der Waals surface area (Å²) >= 11 is 0. The number of hydrogen-bond acceptors (Lipinski definition) is 7. The van der Waals surface area contributed by atoms with Crippen molar-refractivity contribution < 1.29 is 30.0 Å². The van der Waals surface area contributed by atoms with Gasteiger partial charge in [-0.2, -0.15) is 0 Å². The summed E-state index contributed by atoms with van der Waals surface area (Å²) in [4.78, 5) is 23.9. The zero-order valence-corrected chi connectivity index (χ0v) is 22.2. The molecule has 0 heterocycles. The van der Waals surface area contributed by atoms with Crippen LogP contribution in [0.15, 0.2) is 0 Å². The van der Waals surface area contributed by atoms with Crippen LogP contribution in [-0.2, 0) is 9.59 Å². The van der Waals surface area contributed by atoms with E-state index in [-0.39, 0.29) is 61.7 Å². The first-order valence-electron chi connectivity index (χ1n) is 11.5. The summed E-state index contributed by atoms with van der Waals surface area (Å²) in [5, 5.41) is 36.8. The largest absolute Gasteiger partial charge is 0.480 e. The third-order valence-corrected chi connectivity index (χ3v) is 4.78. The van der Waals surface area contributed by atoms with Gasteiger partial charge in [0.25, 0.3) is 0 Å². The number of rotatable bonds is 20. The number of hydrogen-bond donors (Lipinski definition) is 5. The zero-order chi connectivity index (χ0) is 23.0. The van der Waals surface area contributed by atoms with Crippen LogP contribution in [0.3, 0.4) is 0 Å². The van der Waals surface area contributed by atoms with Gasteiger partial charge in [0.05, 0.1) is 26.4 Å². The summed E-state index contributed by atoms with van der Waals surface area (Å²) < 4.78 is 0. The number of aliphatic carboxylic acids is 1. The van der Waals surface area contributed by atoms with Gasteiger partial charge in [0, 0.05) is 55.6 Å². The first-order valence-corrected chi connectivity index (χ1v) is 11.5. The van der Waals surface area contributed by atoms with E-state index in [1.54, 1.807) is 11.8 Å². The van der Waals surface area contributed by atoms with E-state index in [2.05, 4.69) is 12.2 Å². The number of nitrogens with zero attached hydrogens (tertiary/aromatic N) is 1. The van der Waals surface area contributed by atoms with Crippen molar-refractivity contribution >= 4 is 41.3 Å². The molecule has 0 aliphatic heterocycles. The molecular formula is C22H46N2NaO6. The monoisotopic (exact) mass is 457 g/mol. The molecule has 0 aromatic carbocycles. The smallest absolute Gasteiger partial charge is 0.320 e. The second-order valence-corrected chi connectivity index (χ2v) is 7.57. The van der Waals surface area contributed by atoms with E-state index >= 15 is 0 Å². The summed E-state index contributed by atoms with van der Waals surface area (Å²) in [5.74, 6) is -0.804. The number of carbonyl (C=O) groups excluding carboxylic acids is 1. The van der Waals surface area contributed by atoms with E-state index in [9.17, 15) is 9.59 Å². The van der Waals surface area contributed by atoms with E-state index in [4.69, 9.17) is 20.4 Å². The summed E-state index contributed by atoms with van der Waals surface area (Å²) in [6.07, 6.45) is 11.7. The Balaban J connectivity index is -0.000000604. The molecule has 1 radical (unpaired) electrons. The molecule has 0 spiro atoms. The molecule has 0 fully saturated rings. The Morgan fingerprint density at radius 1 is 0.806 bits per heavy atom. The number of Topliss-reactive ketones (excluding diaryl/α,β-unsaturated/α-hetero) is 1. The first kappa shape index (κ1) is 35.5. The van der Waals surface area contributed by atoms with Crippen molar-refractivity contribution in [2.75, 3.05) is 46.0 Å². The van der Waals surface area contributed by atoms with Gasteiger partial charge in [0.15, 0.2) is 0 Å². The molecule has 181 valence electrons. The van der Waals surface area contributed by atoms with Crippen LogP contribution in [0.4, 0.5) is 0 Å². The molecule has 8 nitrogen and oxygen atoms in total. The molecule has 0 bridgehead atoms. The predicted molar refractivity (Wildman–Crippen MR) is 125 cm³/mol. The number of unbranched alkanes of at least 4 members (excludes halogenated alkanes) is 8. The van der Waals surface area contributed by atoms with Gasteiger partial charge in [0.1, 0.15) is 11.8 Å². The van der Waals surface area contributed by atoms with Gasteiger partial charge in [-0.1, -0.05) is 58.3 Å². The summed E-state index contributed by atoms with van der Waals surface area (Å²) in [5.41, 5.74) is 0. The molecule has 0 aliphatic carbocycles. The van der Waals surface area contributed by atoms with Crippen LogP contribution in [0.25, 0.3) is 0 Å². The maximum atomic E-state index is 11.5. The van der Waals surface area contributed by atoms with Crippen molar-refractivity contribution in [1.29, 1.82) is 0 Å². The number of carbonyl (C=O) groups is 2. The Labute approximate surface area is 211 Å². The van der Waals surface area contributed by atoms with Crippen LogP contribution in [0, 0.1) is 0 Å². The van der Waals surface area contributed by atoms with E-state index in [0.29, 0.717) is 26.1 Å².